The van der Waals surface area contributed by atoms with E-state index in [0.717, 1.165) is 37.7 Å². The van der Waals surface area contributed by atoms with Crippen LogP contribution in [0.25, 0.3) is 0 Å². The van der Waals surface area contributed by atoms with Crippen molar-refractivity contribution in [2.24, 2.45) is 11.8 Å². The molecule has 0 saturated carbocycles. The van der Waals surface area contributed by atoms with Crippen molar-refractivity contribution >= 4 is 17.5 Å². The summed E-state index contributed by atoms with van der Waals surface area (Å²) < 4.78 is 10.6. The highest BCUT2D eigenvalue weighted by molar-refractivity contribution is 6.00. The number of piperidine rings is 1. The average molecular weight is 404 g/mol. The first-order valence-corrected chi connectivity index (χ1v) is 10.5. The molecule has 7 heteroatoms. The third kappa shape index (κ3) is 5.41. The number of ether oxygens (including phenoxy) is 2. The minimum Gasteiger partial charge on any atom is -0.493 e. The Morgan fingerprint density at radius 2 is 1.90 bits per heavy atom. The number of hydrogen-bond donors (Lipinski definition) is 1. The Hall–Kier alpha value is -2.28. The van der Waals surface area contributed by atoms with Gasteiger partial charge in [-0.15, -0.1) is 0 Å². The summed E-state index contributed by atoms with van der Waals surface area (Å²) in [6.07, 6.45) is 3.72. The summed E-state index contributed by atoms with van der Waals surface area (Å²) in [7, 11) is 3.14. The molecule has 0 bridgehead atoms. The zero-order valence-electron chi connectivity index (χ0n) is 17.8. The quantitative estimate of drug-likeness (QED) is 0.675. The molecular formula is C22H33N3O4. The lowest BCUT2D eigenvalue weighted by Gasteiger charge is -2.30. The Bertz CT molecular complexity index is 716. The van der Waals surface area contributed by atoms with Crippen LogP contribution in [0.3, 0.4) is 0 Å². The van der Waals surface area contributed by atoms with Crippen LogP contribution in [0.1, 0.15) is 32.6 Å². The summed E-state index contributed by atoms with van der Waals surface area (Å²) >= 11 is 0. The second-order valence-electron chi connectivity index (χ2n) is 8.11. The second kappa shape index (κ2) is 9.96. The highest BCUT2D eigenvalue weighted by Crippen LogP contribution is 2.34. The van der Waals surface area contributed by atoms with Crippen LogP contribution in [0.5, 0.6) is 11.5 Å². The first kappa shape index (κ1) is 21.4. The number of amides is 2. The summed E-state index contributed by atoms with van der Waals surface area (Å²) in [5, 5.41) is 3.02. The normalized spacial score (nSPS) is 20.7. The molecule has 0 spiro atoms. The number of anilines is 1. The maximum absolute atomic E-state index is 12.5. The van der Waals surface area contributed by atoms with Crippen molar-refractivity contribution in [3.63, 3.8) is 0 Å². The Kier molecular flexibility index (Phi) is 7.36. The molecule has 3 rings (SSSR count). The van der Waals surface area contributed by atoms with E-state index in [1.165, 1.54) is 12.8 Å². The van der Waals surface area contributed by atoms with Crippen LogP contribution in [0.15, 0.2) is 18.2 Å². The van der Waals surface area contributed by atoms with E-state index in [-0.39, 0.29) is 24.2 Å². The minimum absolute atomic E-state index is 0.0337. The van der Waals surface area contributed by atoms with Gasteiger partial charge in [-0.1, -0.05) is 6.92 Å². The van der Waals surface area contributed by atoms with Crippen molar-refractivity contribution in [1.29, 1.82) is 0 Å². The van der Waals surface area contributed by atoms with Crippen LogP contribution in [0.4, 0.5) is 5.69 Å². The zero-order chi connectivity index (χ0) is 20.8. The van der Waals surface area contributed by atoms with Gasteiger partial charge in [0.2, 0.25) is 11.8 Å². The van der Waals surface area contributed by atoms with Crippen LogP contribution in [0.2, 0.25) is 0 Å². The number of hydrogen-bond acceptors (Lipinski definition) is 5. The van der Waals surface area contributed by atoms with Gasteiger partial charge >= 0.3 is 0 Å². The minimum atomic E-state index is -0.313. The predicted molar refractivity (Wildman–Crippen MR) is 112 cm³/mol. The molecule has 2 fully saturated rings. The third-order valence-corrected chi connectivity index (χ3v) is 6.00. The van der Waals surface area contributed by atoms with Crippen molar-refractivity contribution in [3.05, 3.63) is 18.2 Å². The van der Waals surface area contributed by atoms with Gasteiger partial charge in [-0.3, -0.25) is 9.59 Å². The average Bonchev–Trinajstić information content (AvgIpc) is 3.13. The smallest absolute Gasteiger partial charge is 0.227 e. The Balaban J connectivity index is 1.46. The number of likely N-dealkylation sites (tertiary alicyclic amines) is 1. The van der Waals surface area contributed by atoms with Crippen LogP contribution in [-0.4, -0.2) is 63.7 Å². The van der Waals surface area contributed by atoms with Gasteiger partial charge in [-0.25, -0.2) is 0 Å². The van der Waals surface area contributed by atoms with Gasteiger partial charge in [0.25, 0.3) is 0 Å². The summed E-state index contributed by atoms with van der Waals surface area (Å²) in [6.45, 7) is 6.70. The molecule has 0 aromatic heterocycles. The maximum Gasteiger partial charge on any atom is 0.227 e. The van der Waals surface area contributed by atoms with E-state index in [4.69, 9.17) is 9.47 Å². The lowest BCUT2D eigenvalue weighted by atomic mass is 9.99. The molecule has 2 aliphatic heterocycles. The molecule has 2 heterocycles. The van der Waals surface area contributed by atoms with E-state index in [1.807, 2.05) is 6.07 Å². The largest absolute Gasteiger partial charge is 0.493 e. The first-order chi connectivity index (χ1) is 14.0. The van der Waals surface area contributed by atoms with E-state index in [9.17, 15) is 9.59 Å². The molecule has 1 unspecified atom stereocenters. The Morgan fingerprint density at radius 3 is 2.59 bits per heavy atom. The van der Waals surface area contributed by atoms with Crippen molar-refractivity contribution in [2.75, 3.05) is 51.8 Å². The van der Waals surface area contributed by atoms with Crippen LogP contribution >= 0.6 is 0 Å². The number of carbonyl (C=O) groups excluding carboxylic acids is 2. The molecule has 160 valence electrons. The van der Waals surface area contributed by atoms with Crippen molar-refractivity contribution in [1.82, 2.24) is 10.2 Å². The monoisotopic (exact) mass is 403 g/mol. The lowest BCUT2D eigenvalue weighted by Crippen LogP contribution is -2.37. The van der Waals surface area contributed by atoms with Crippen LogP contribution < -0.4 is 19.7 Å². The molecule has 2 amide bonds. The number of benzene rings is 1. The highest BCUT2D eigenvalue weighted by atomic mass is 16.5. The number of nitrogens with zero attached hydrogens (tertiary/aromatic N) is 2. The highest BCUT2D eigenvalue weighted by Gasteiger charge is 2.35. The van der Waals surface area contributed by atoms with E-state index in [0.29, 0.717) is 24.6 Å². The summed E-state index contributed by atoms with van der Waals surface area (Å²) in [6, 6.07) is 5.37. The number of carbonyl (C=O) groups is 2. The molecule has 1 N–H and O–H groups in total. The van der Waals surface area contributed by atoms with E-state index in [2.05, 4.69) is 17.1 Å². The van der Waals surface area contributed by atoms with E-state index in [1.54, 1.807) is 31.3 Å². The van der Waals surface area contributed by atoms with Gasteiger partial charge in [0.1, 0.15) is 0 Å². The molecule has 2 aliphatic rings. The maximum atomic E-state index is 12.5. The van der Waals surface area contributed by atoms with Crippen molar-refractivity contribution in [3.8, 4) is 11.5 Å². The van der Waals surface area contributed by atoms with Crippen LogP contribution in [0, 0.1) is 11.8 Å². The number of rotatable bonds is 8. The van der Waals surface area contributed by atoms with E-state index >= 15 is 0 Å². The number of nitrogens with one attached hydrogen (secondary N) is 1. The van der Waals surface area contributed by atoms with Gasteiger partial charge in [0.05, 0.1) is 20.1 Å². The van der Waals surface area contributed by atoms with Gasteiger partial charge in [0, 0.05) is 31.3 Å². The van der Waals surface area contributed by atoms with Gasteiger partial charge < -0.3 is 24.6 Å². The Labute approximate surface area is 173 Å². The first-order valence-electron chi connectivity index (χ1n) is 10.5. The summed E-state index contributed by atoms with van der Waals surface area (Å²) in [5.74, 6) is 1.62. The fraction of sp³-hybridized carbons (Fsp3) is 0.636. The predicted octanol–water partition coefficient (Wildman–Crippen LogP) is 2.29. The molecule has 1 atom stereocenters. The standard InChI is InChI=1S/C22H33N3O4/c1-16-7-11-24(12-8-16)10-4-9-23-22(27)17-13-21(26)25(15-17)18-5-6-19(28-2)20(14-18)29-3/h5-6,14,16-17H,4,7-13,15H2,1-3H3,(H,23,27). The fourth-order valence-corrected chi connectivity index (χ4v) is 4.07. The molecule has 1 aromatic rings. The second-order valence-corrected chi connectivity index (χ2v) is 8.11. The van der Waals surface area contributed by atoms with Gasteiger partial charge in [-0.2, -0.15) is 0 Å². The van der Waals surface area contributed by atoms with Crippen LogP contribution in [-0.2, 0) is 9.59 Å². The topological polar surface area (TPSA) is 71.1 Å². The zero-order valence-corrected chi connectivity index (χ0v) is 17.8. The summed E-state index contributed by atoms with van der Waals surface area (Å²) in [5.41, 5.74) is 0.724. The van der Waals surface area contributed by atoms with Crippen molar-refractivity contribution < 1.29 is 19.1 Å². The molecule has 1 aromatic carbocycles. The van der Waals surface area contributed by atoms with Gasteiger partial charge in [0.15, 0.2) is 11.5 Å². The fourth-order valence-electron chi connectivity index (χ4n) is 4.07. The third-order valence-electron chi connectivity index (χ3n) is 6.00. The molecular weight excluding hydrogens is 370 g/mol. The molecule has 0 aliphatic carbocycles. The molecule has 29 heavy (non-hydrogen) atoms. The van der Waals surface area contributed by atoms with Gasteiger partial charge in [-0.05, 0) is 56.9 Å². The molecule has 0 radical (unpaired) electrons. The van der Waals surface area contributed by atoms with Crippen molar-refractivity contribution in [2.45, 2.75) is 32.6 Å². The summed E-state index contributed by atoms with van der Waals surface area (Å²) in [4.78, 5) is 29.1. The Morgan fingerprint density at radius 1 is 1.17 bits per heavy atom. The van der Waals surface area contributed by atoms with E-state index < -0.39 is 0 Å². The molecule has 7 nitrogen and oxygen atoms in total. The SMILES string of the molecule is COc1ccc(N2CC(C(=O)NCCCN3CCC(C)CC3)CC2=O)cc1OC. The molecule has 2 saturated heterocycles. The number of methoxy groups -OCH3 is 2. The lowest BCUT2D eigenvalue weighted by molar-refractivity contribution is -0.126.